The molecule has 2 unspecified atom stereocenters. The predicted octanol–water partition coefficient (Wildman–Crippen LogP) is 2.83. The maximum Gasteiger partial charge on any atom is 0.191 e. The highest BCUT2D eigenvalue weighted by Crippen LogP contribution is 2.18. The average Bonchev–Trinajstić information content (AvgIpc) is 2.91. The monoisotopic (exact) mass is 459 g/mol. The molecule has 142 valence electrons. The highest BCUT2D eigenvalue weighted by Gasteiger charge is 2.31. The SMILES string of the molecule is CCNC(=NCCc1ccncc1C)NC1CN(C(C)C)CC1C.I. The van der Waals surface area contributed by atoms with Crippen LogP contribution in [-0.2, 0) is 6.42 Å². The van der Waals surface area contributed by atoms with E-state index in [0.717, 1.165) is 38.6 Å². The number of hydrogen-bond donors (Lipinski definition) is 2. The molecule has 1 saturated heterocycles. The number of rotatable bonds is 6. The molecule has 5 nitrogen and oxygen atoms in total. The Balaban J connectivity index is 0.00000312. The van der Waals surface area contributed by atoms with Crippen LogP contribution in [-0.4, -0.2) is 54.1 Å². The number of aromatic nitrogens is 1. The fourth-order valence-corrected chi connectivity index (χ4v) is 3.18. The molecule has 1 fully saturated rings. The summed E-state index contributed by atoms with van der Waals surface area (Å²) in [6.45, 7) is 15.0. The van der Waals surface area contributed by atoms with Gasteiger partial charge in [-0.15, -0.1) is 24.0 Å². The van der Waals surface area contributed by atoms with E-state index in [9.17, 15) is 0 Å². The Bertz CT molecular complexity index is 546. The fraction of sp³-hybridized carbons (Fsp3) is 0.684. The summed E-state index contributed by atoms with van der Waals surface area (Å²) in [7, 11) is 0. The quantitative estimate of drug-likeness (QED) is 0.390. The average molecular weight is 459 g/mol. The summed E-state index contributed by atoms with van der Waals surface area (Å²) in [5.74, 6) is 1.57. The van der Waals surface area contributed by atoms with Gasteiger partial charge in [-0.05, 0) is 57.2 Å². The Hall–Kier alpha value is -0.890. The second-order valence-corrected chi connectivity index (χ2v) is 7.09. The van der Waals surface area contributed by atoms with E-state index in [4.69, 9.17) is 4.99 Å². The molecule has 2 heterocycles. The number of likely N-dealkylation sites (tertiary alicyclic amines) is 1. The molecule has 2 rings (SSSR count). The van der Waals surface area contributed by atoms with Crippen molar-refractivity contribution in [2.45, 2.75) is 53.1 Å². The summed E-state index contributed by atoms with van der Waals surface area (Å²) in [5, 5.41) is 7.02. The maximum absolute atomic E-state index is 4.77. The molecule has 1 aliphatic rings. The van der Waals surface area contributed by atoms with Crippen LogP contribution in [0.1, 0.15) is 38.8 Å². The maximum atomic E-state index is 4.77. The van der Waals surface area contributed by atoms with E-state index in [1.807, 2.05) is 12.4 Å². The Morgan fingerprint density at radius 1 is 1.40 bits per heavy atom. The first-order chi connectivity index (χ1) is 11.5. The van der Waals surface area contributed by atoms with Crippen molar-refractivity contribution in [1.29, 1.82) is 0 Å². The van der Waals surface area contributed by atoms with Crippen molar-refractivity contribution in [3.8, 4) is 0 Å². The number of guanidine groups is 1. The largest absolute Gasteiger partial charge is 0.357 e. The lowest BCUT2D eigenvalue weighted by atomic mass is 10.1. The Kier molecular flexibility index (Phi) is 9.71. The molecule has 0 spiro atoms. The third-order valence-electron chi connectivity index (χ3n) is 4.82. The molecular weight excluding hydrogens is 425 g/mol. The summed E-state index contributed by atoms with van der Waals surface area (Å²) >= 11 is 0. The van der Waals surface area contributed by atoms with Crippen LogP contribution in [0.25, 0.3) is 0 Å². The van der Waals surface area contributed by atoms with Gasteiger partial charge in [0.1, 0.15) is 0 Å². The van der Waals surface area contributed by atoms with Gasteiger partial charge in [0.15, 0.2) is 5.96 Å². The molecule has 25 heavy (non-hydrogen) atoms. The smallest absolute Gasteiger partial charge is 0.191 e. The van der Waals surface area contributed by atoms with Gasteiger partial charge in [0.25, 0.3) is 0 Å². The van der Waals surface area contributed by atoms with Gasteiger partial charge in [0.05, 0.1) is 0 Å². The normalized spacial score (nSPS) is 21.3. The van der Waals surface area contributed by atoms with E-state index in [1.165, 1.54) is 11.1 Å². The molecule has 0 saturated carbocycles. The summed E-state index contributed by atoms with van der Waals surface area (Å²) in [5.41, 5.74) is 2.56. The minimum absolute atomic E-state index is 0. The van der Waals surface area contributed by atoms with Gasteiger partial charge in [-0.25, -0.2) is 0 Å². The molecule has 1 aliphatic heterocycles. The standard InChI is InChI=1S/C19H33N5.HI/c1-6-21-19(22-10-8-17-7-9-20-11-15(17)4)23-18-13-24(14(2)3)12-16(18)5;/h7,9,11,14,16,18H,6,8,10,12-13H2,1-5H3,(H2,21,22,23);1H. The summed E-state index contributed by atoms with van der Waals surface area (Å²) < 4.78 is 0. The lowest BCUT2D eigenvalue weighted by Gasteiger charge is -2.22. The molecule has 0 radical (unpaired) electrons. The topological polar surface area (TPSA) is 52.6 Å². The molecule has 1 aromatic rings. The first-order valence-corrected chi connectivity index (χ1v) is 9.19. The Morgan fingerprint density at radius 3 is 2.76 bits per heavy atom. The van der Waals surface area contributed by atoms with E-state index in [0.29, 0.717) is 18.0 Å². The molecule has 0 amide bonds. The van der Waals surface area contributed by atoms with Crippen LogP contribution in [0.5, 0.6) is 0 Å². The minimum Gasteiger partial charge on any atom is -0.357 e. The summed E-state index contributed by atoms with van der Waals surface area (Å²) in [6, 6.07) is 3.16. The van der Waals surface area contributed by atoms with Gasteiger partial charge in [-0.3, -0.25) is 14.9 Å². The van der Waals surface area contributed by atoms with E-state index < -0.39 is 0 Å². The van der Waals surface area contributed by atoms with Crippen molar-refractivity contribution in [3.63, 3.8) is 0 Å². The Labute approximate surface area is 170 Å². The zero-order valence-corrected chi connectivity index (χ0v) is 18.6. The second-order valence-electron chi connectivity index (χ2n) is 7.09. The third kappa shape index (κ3) is 6.73. The second kappa shape index (κ2) is 11.0. The molecule has 0 bridgehead atoms. The summed E-state index contributed by atoms with van der Waals surface area (Å²) in [6.07, 6.45) is 4.72. The number of pyridine rings is 1. The van der Waals surface area contributed by atoms with Gasteiger partial charge in [0, 0.05) is 50.7 Å². The van der Waals surface area contributed by atoms with Gasteiger partial charge in [0.2, 0.25) is 0 Å². The lowest BCUT2D eigenvalue weighted by molar-refractivity contribution is 0.265. The number of halogens is 1. The molecular formula is C19H34IN5. The van der Waals surface area contributed by atoms with Crippen LogP contribution in [0.15, 0.2) is 23.5 Å². The number of hydrogen-bond acceptors (Lipinski definition) is 3. The van der Waals surface area contributed by atoms with Crippen molar-refractivity contribution >= 4 is 29.9 Å². The van der Waals surface area contributed by atoms with Crippen LogP contribution in [0.3, 0.4) is 0 Å². The van der Waals surface area contributed by atoms with Gasteiger partial charge < -0.3 is 10.6 Å². The molecule has 0 aromatic carbocycles. The van der Waals surface area contributed by atoms with Crippen molar-refractivity contribution < 1.29 is 0 Å². The van der Waals surface area contributed by atoms with E-state index in [2.05, 4.69) is 61.2 Å². The van der Waals surface area contributed by atoms with Crippen molar-refractivity contribution in [2.75, 3.05) is 26.2 Å². The van der Waals surface area contributed by atoms with Crippen molar-refractivity contribution in [2.24, 2.45) is 10.9 Å². The Morgan fingerprint density at radius 2 is 2.16 bits per heavy atom. The summed E-state index contributed by atoms with van der Waals surface area (Å²) in [4.78, 5) is 11.5. The zero-order valence-electron chi connectivity index (χ0n) is 16.2. The number of nitrogens with zero attached hydrogens (tertiary/aromatic N) is 3. The zero-order chi connectivity index (χ0) is 17.5. The molecule has 2 atom stereocenters. The third-order valence-corrected chi connectivity index (χ3v) is 4.82. The predicted molar refractivity (Wildman–Crippen MR) is 117 cm³/mol. The van der Waals surface area contributed by atoms with Gasteiger partial charge in [-0.2, -0.15) is 0 Å². The molecule has 6 heteroatoms. The lowest BCUT2D eigenvalue weighted by Crippen LogP contribution is -2.47. The molecule has 1 aromatic heterocycles. The van der Waals surface area contributed by atoms with Gasteiger partial charge >= 0.3 is 0 Å². The van der Waals surface area contributed by atoms with E-state index in [-0.39, 0.29) is 24.0 Å². The van der Waals surface area contributed by atoms with Crippen LogP contribution >= 0.6 is 24.0 Å². The fourth-order valence-electron chi connectivity index (χ4n) is 3.18. The number of aryl methyl sites for hydroxylation is 1. The number of aliphatic imine (C=N–C) groups is 1. The van der Waals surface area contributed by atoms with E-state index in [1.54, 1.807) is 0 Å². The van der Waals surface area contributed by atoms with Crippen molar-refractivity contribution in [1.82, 2.24) is 20.5 Å². The van der Waals surface area contributed by atoms with Gasteiger partial charge in [-0.1, -0.05) is 6.92 Å². The van der Waals surface area contributed by atoms with Crippen LogP contribution in [0, 0.1) is 12.8 Å². The van der Waals surface area contributed by atoms with E-state index >= 15 is 0 Å². The first-order valence-electron chi connectivity index (χ1n) is 9.19. The van der Waals surface area contributed by atoms with Crippen LogP contribution in [0.4, 0.5) is 0 Å². The molecule has 2 N–H and O–H groups in total. The van der Waals surface area contributed by atoms with Crippen LogP contribution in [0.2, 0.25) is 0 Å². The number of nitrogens with one attached hydrogen (secondary N) is 2. The van der Waals surface area contributed by atoms with Crippen LogP contribution < -0.4 is 10.6 Å². The molecule has 0 aliphatic carbocycles. The first kappa shape index (κ1) is 22.2. The minimum atomic E-state index is 0. The highest BCUT2D eigenvalue weighted by molar-refractivity contribution is 14.0. The highest BCUT2D eigenvalue weighted by atomic mass is 127. The van der Waals surface area contributed by atoms with Crippen molar-refractivity contribution in [3.05, 3.63) is 29.6 Å².